The monoisotopic (exact) mass is 441 g/mol. The van der Waals surface area contributed by atoms with Crippen molar-refractivity contribution in [1.82, 2.24) is 25.2 Å². The third kappa shape index (κ3) is 4.74. The first-order valence-electron chi connectivity index (χ1n) is 10.8. The second-order valence-electron chi connectivity index (χ2n) is 7.85. The minimum Gasteiger partial charge on any atom is -0.379 e. The molecule has 1 fully saturated rings. The van der Waals surface area contributed by atoms with E-state index in [4.69, 9.17) is 16.3 Å². The molecule has 1 unspecified atom stereocenters. The molecule has 3 aromatic rings. The number of halogens is 1. The highest BCUT2D eigenvalue weighted by molar-refractivity contribution is 6.38. The highest BCUT2D eigenvalue weighted by atomic mass is 35.5. The molecule has 0 saturated carbocycles. The van der Waals surface area contributed by atoms with Crippen LogP contribution in [0.2, 0.25) is 5.02 Å². The lowest BCUT2D eigenvalue weighted by atomic mass is 10.0. The van der Waals surface area contributed by atoms with Gasteiger partial charge in [0.15, 0.2) is 0 Å². The average Bonchev–Trinajstić information content (AvgIpc) is 3.28. The zero-order valence-electron chi connectivity index (χ0n) is 17.9. The zero-order valence-corrected chi connectivity index (χ0v) is 18.7. The molecule has 0 radical (unpaired) electrons. The summed E-state index contributed by atoms with van der Waals surface area (Å²) in [6, 6.07) is 3.81. The second-order valence-corrected chi connectivity index (χ2v) is 8.23. The van der Waals surface area contributed by atoms with Gasteiger partial charge in [-0.2, -0.15) is 0 Å². The molecule has 2 N–H and O–H groups in total. The van der Waals surface area contributed by atoms with Gasteiger partial charge in [0, 0.05) is 49.2 Å². The number of morpholine rings is 1. The van der Waals surface area contributed by atoms with Crippen molar-refractivity contribution in [3.05, 3.63) is 58.3 Å². The minimum absolute atomic E-state index is 0.0293. The number of H-pyrrole nitrogens is 1. The van der Waals surface area contributed by atoms with Crippen LogP contribution < -0.4 is 5.32 Å². The van der Waals surface area contributed by atoms with Gasteiger partial charge in [-0.15, -0.1) is 0 Å². The Balaban J connectivity index is 1.57. The van der Waals surface area contributed by atoms with Gasteiger partial charge in [-0.1, -0.05) is 24.9 Å². The van der Waals surface area contributed by atoms with E-state index < -0.39 is 0 Å². The Morgan fingerprint density at radius 1 is 1.32 bits per heavy atom. The largest absolute Gasteiger partial charge is 0.379 e. The van der Waals surface area contributed by atoms with Crippen LogP contribution >= 0.6 is 11.6 Å². The van der Waals surface area contributed by atoms with Gasteiger partial charge in [-0.25, -0.2) is 9.97 Å². The van der Waals surface area contributed by atoms with Crippen LogP contribution in [0.5, 0.6) is 0 Å². The Kier molecular flexibility index (Phi) is 6.85. The van der Waals surface area contributed by atoms with Gasteiger partial charge in [0.05, 0.1) is 35.4 Å². The van der Waals surface area contributed by atoms with E-state index in [2.05, 4.69) is 32.1 Å². The number of aryl methyl sites for hydroxylation is 2. The summed E-state index contributed by atoms with van der Waals surface area (Å²) in [6.45, 7) is 7.37. The summed E-state index contributed by atoms with van der Waals surface area (Å²) in [7, 11) is 0. The summed E-state index contributed by atoms with van der Waals surface area (Å²) >= 11 is 6.62. The van der Waals surface area contributed by atoms with E-state index in [1.807, 2.05) is 37.6 Å². The van der Waals surface area contributed by atoms with Crippen molar-refractivity contribution in [2.45, 2.75) is 32.7 Å². The molecule has 1 amide bonds. The molecule has 4 rings (SSSR count). The van der Waals surface area contributed by atoms with E-state index in [0.717, 1.165) is 53.8 Å². The van der Waals surface area contributed by atoms with E-state index in [0.29, 0.717) is 30.3 Å². The molecule has 2 aromatic heterocycles. The number of nitrogens with zero attached hydrogens (tertiary/aromatic N) is 3. The Morgan fingerprint density at radius 3 is 2.77 bits per heavy atom. The van der Waals surface area contributed by atoms with Crippen molar-refractivity contribution in [1.29, 1.82) is 0 Å². The number of hydrogen-bond acceptors (Lipinski definition) is 5. The van der Waals surface area contributed by atoms with Gasteiger partial charge in [0.1, 0.15) is 5.82 Å². The van der Waals surface area contributed by atoms with Crippen molar-refractivity contribution in [2.24, 2.45) is 0 Å². The number of ether oxygens (including phenoxy) is 1. The fraction of sp³-hybridized carbons (Fsp3) is 0.435. The molecule has 0 spiro atoms. The molecular weight excluding hydrogens is 414 g/mol. The Bertz CT molecular complexity index is 1040. The topological polar surface area (TPSA) is 83.1 Å². The standard InChI is InChI=1S/C23H28ClN5O2/c1-3-4-16-11-19(21(24)18-5-6-25-22(16)18)23(30)28-14-20(29-7-9-31-10-8-29)17-12-26-15(2)27-13-17/h5-6,11-13,20,25H,3-4,7-10,14H2,1-2H3,(H,28,30). The molecule has 3 heterocycles. The lowest BCUT2D eigenvalue weighted by Gasteiger charge is -2.34. The number of fused-ring (bicyclic) bond motifs is 1. The first-order chi connectivity index (χ1) is 15.1. The van der Waals surface area contributed by atoms with Gasteiger partial charge >= 0.3 is 0 Å². The van der Waals surface area contributed by atoms with E-state index in [1.54, 1.807) is 0 Å². The molecule has 8 heteroatoms. The van der Waals surface area contributed by atoms with Crippen LogP contribution in [0.4, 0.5) is 0 Å². The molecule has 1 aromatic carbocycles. The number of hydrogen-bond donors (Lipinski definition) is 2. The van der Waals surface area contributed by atoms with Crippen molar-refractivity contribution in [3.8, 4) is 0 Å². The van der Waals surface area contributed by atoms with Crippen LogP contribution in [-0.4, -0.2) is 58.6 Å². The molecule has 1 atom stereocenters. The Morgan fingerprint density at radius 2 is 2.06 bits per heavy atom. The van der Waals surface area contributed by atoms with Crippen LogP contribution in [0.15, 0.2) is 30.7 Å². The minimum atomic E-state index is -0.170. The lowest BCUT2D eigenvalue weighted by molar-refractivity contribution is 0.0161. The van der Waals surface area contributed by atoms with Gasteiger partial charge < -0.3 is 15.0 Å². The van der Waals surface area contributed by atoms with Gasteiger partial charge in [-0.05, 0) is 31.0 Å². The number of aromatic nitrogens is 3. The van der Waals surface area contributed by atoms with E-state index in [-0.39, 0.29) is 11.9 Å². The van der Waals surface area contributed by atoms with E-state index in [1.165, 1.54) is 0 Å². The normalized spacial score (nSPS) is 15.8. The molecule has 164 valence electrons. The average molecular weight is 442 g/mol. The molecule has 7 nitrogen and oxygen atoms in total. The molecule has 1 aliphatic rings. The number of benzene rings is 1. The van der Waals surface area contributed by atoms with Gasteiger partial charge in [0.2, 0.25) is 0 Å². The van der Waals surface area contributed by atoms with Gasteiger partial charge in [-0.3, -0.25) is 9.69 Å². The van der Waals surface area contributed by atoms with Crippen LogP contribution in [0.3, 0.4) is 0 Å². The molecular formula is C23H28ClN5O2. The van der Waals surface area contributed by atoms with Crippen LogP contribution in [0.25, 0.3) is 10.9 Å². The van der Waals surface area contributed by atoms with Crippen LogP contribution in [0.1, 0.15) is 46.7 Å². The summed E-state index contributed by atoms with van der Waals surface area (Å²) in [5.41, 5.74) is 3.60. The summed E-state index contributed by atoms with van der Waals surface area (Å²) in [5.74, 6) is 0.556. The zero-order chi connectivity index (χ0) is 21.8. The predicted molar refractivity (Wildman–Crippen MR) is 122 cm³/mol. The van der Waals surface area contributed by atoms with Crippen molar-refractivity contribution in [3.63, 3.8) is 0 Å². The van der Waals surface area contributed by atoms with Crippen molar-refractivity contribution in [2.75, 3.05) is 32.8 Å². The van der Waals surface area contributed by atoms with Crippen LogP contribution in [0, 0.1) is 6.92 Å². The summed E-state index contributed by atoms with van der Waals surface area (Å²) < 4.78 is 5.50. The SMILES string of the molecule is CCCc1cc(C(=O)NCC(c2cnc(C)nc2)N2CCOCC2)c(Cl)c2cc[nH]c12. The summed E-state index contributed by atoms with van der Waals surface area (Å²) in [6.07, 6.45) is 7.41. The second kappa shape index (κ2) is 9.77. The lowest BCUT2D eigenvalue weighted by Crippen LogP contribution is -2.44. The molecule has 0 bridgehead atoms. The summed E-state index contributed by atoms with van der Waals surface area (Å²) in [5, 5.41) is 4.47. The van der Waals surface area contributed by atoms with E-state index in [9.17, 15) is 4.79 Å². The molecule has 0 aliphatic carbocycles. The van der Waals surface area contributed by atoms with Gasteiger partial charge in [0.25, 0.3) is 5.91 Å². The number of amides is 1. The van der Waals surface area contributed by atoms with Crippen molar-refractivity contribution >= 4 is 28.4 Å². The summed E-state index contributed by atoms with van der Waals surface area (Å²) in [4.78, 5) is 27.4. The Hall–Kier alpha value is -2.48. The maximum atomic E-state index is 13.2. The Labute approximate surface area is 187 Å². The fourth-order valence-electron chi connectivity index (χ4n) is 4.11. The van der Waals surface area contributed by atoms with Crippen molar-refractivity contribution < 1.29 is 9.53 Å². The third-order valence-electron chi connectivity index (χ3n) is 5.75. The fourth-order valence-corrected chi connectivity index (χ4v) is 4.41. The predicted octanol–water partition coefficient (Wildman–Crippen LogP) is 3.68. The number of aromatic amines is 1. The third-order valence-corrected chi connectivity index (χ3v) is 6.16. The number of nitrogens with one attached hydrogen (secondary N) is 2. The smallest absolute Gasteiger partial charge is 0.252 e. The highest BCUT2D eigenvalue weighted by Gasteiger charge is 2.25. The van der Waals surface area contributed by atoms with Crippen LogP contribution in [-0.2, 0) is 11.2 Å². The number of carbonyl (C=O) groups is 1. The molecule has 1 aliphatic heterocycles. The highest BCUT2D eigenvalue weighted by Crippen LogP contribution is 2.31. The first kappa shape index (κ1) is 21.7. The maximum absolute atomic E-state index is 13.2. The molecule has 31 heavy (non-hydrogen) atoms. The number of rotatable bonds is 7. The first-order valence-corrected chi connectivity index (χ1v) is 11.1. The quantitative estimate of drug-likeness (QED) is 0.584. The maximum Gasteiger partial charge on any atom is 0.252 e. The molecule has 1 saturated heterocycles. The van der Waals surface area contributed by atoms with E-state index >= 15 is 0 Å². The number of carbonyl (C=O) groups excluding carboxylic acids is 1.